The first kappa shape index (κ1) is 15.7. The lowest BCUT2D eigenvalue weighted by Crippen LogP contribution is -2.73. The van der Waals surface area contributed by atoms with E-state index in [1.165, 1.54) is 23.6 Å². The van der Waals surface area contributed by atoms with Crippen LogP contribution in [0.4, 0.5) is 0 Å². The van der Waals surface area contributed by atoms with E-state index in [2.05, 4.69) is 0 Å². The molecule has 0 spiro atoms. The number of amides is 2. The second-order valence-electron chi connectivity index (χ2n) is 6.36. The fourth-order valence-electron chi connectivity index (χ4n) is 3.46. The molecule has 2 amide bonds. The van der Waals surface area contributed by atoms with E-state index in [0.29, 0.717) is 25.9 Å². The summed E-state index contributed by atoms with van der Waals surface area (Å²) in [4.78, 5) is 26.0. The zero-order chi connectivity index (χ0) is 16.1. The Bertz CT molecular complexity index is 456. The molecule has 8 heteroatoms. The van der Waals surface area contributed by atoms with Crippen LogP contribution in [-0.2, 0) is 19.1 Å². The van der Waals surface area contributed by atoms with Crippen molar-refractivity contribution in [3.63, 3.8) is 0 Å². The first-order valence-electron chi connectivity index (χ1n) is 7.55. The number of ether oxygens (including phenoxy) is 2. The molecule has 124 valence electrons. The van der Waals surface area contributed by atoms with Crippen LogP contribution in [0.15, 0.2) is 0 Å². The van der Waals surface area contributed by atoms with Gasteiger partial charge in [-0.25, -0.2) is 0 Å². The molecule has 22 heavy (non-hydrogen) atoms. The highest BCUT2D eigenvalue weighted by Crippen LogP contribution is 2.40. The fraction of sp³-hybridized carbons (Fsp3) is 0.857. The van der Waals surface area contributed by atoms with Crippen molar-refractivity contribution in [3.8, 4) is 0 Å². The highest BCUT2D eigenvalue weighted by molar-refractivity contribution is 5.73. The summed E-state index contributed by atoms with van der Waals surface area (Å²) in [6.07, 6.45) is -0.719. The van der Waals surface area contributed by atoms with E-state index in [9.17, 15) is 19.8 Å². The van der Waals surface area contributed by atoms with Gasteiger partial charge in [0.05, 0.1) is 13.1 Å². The third-order valence-electron chi connectivity index (χ3n) is 4.75. The average molecular weight is 314 g/mol. The number of nitrogens with zero attached hydrogens (tertiary/aromatic N) is 2. The summed E-state index contributed by atoms with van der Waals surface area (Å²) in [5.74, 6) is -3.50. The molecular formula is C14H22N2O6. The van der Waals surface area contributed by atoms with Crippen LogP contribution in [0.25, 0.3) is 0 Å². The molecule has 3 saturated heterocycles. The number of carbonyl (C=O) groups excluding carboxylic acids is 2. The molecule has 0 aromatic heterocycles. The minimum Gasteiger partial charge on any atom is -0.362 e. The Hall–Kier alpha value is -1.22. The van der Waals surface area contributed by atoms with Crippen LogP contribution in [0.1, 0.15) is 26.7 Å². The summed E-state index contributed by atoms with van der Waals surface area (Å²) in [5, 5.41) is 21.4. The van der Waals surface area contributed by atoms with Gasteiger partial charge in [0.1, 0.15) is 12.2 Å². The molecule has 0 unspecified atom stereocenters. The molecule has 3 fully saturated rings. The number of aliphatic hydroxyl groups is 2. The number of hydrogen-bond donors (Lipinski definition) is 2. The Morgan fingerprint density at radius 1 is 0.909 bits per heavy atom. The standard InChI is InChI=1S/C14H22N2O6/c1-9(17)15-5-3-11-13(19,7-15)21-12-4-6-16(10(2)18)8-14(12,20)22-11/h11-12,19-20H,3-8H2,1-2H3/t11-,12-,13-,14-/m0/s1. The average Bonchev–Trinajstić information content (AvgIpc) is 2.43. The van der Waals surface area contributed by atoms with E-state index in [-0.39, 0.29) is 24.9 Å². The van der Waals surface area contributed by atoms with E-state index in [0.717, 1.165) is 0 Å². The summed E-state index contributed by atoms with van der Waals surface area (Å²) in [7, 11) is 0. The Labute approximate surface area is 128 Å². The van der Waals surface area contributed by atoms with Crippen LogP contribution in [0.5, 0.6) is 0 Å². The second-order valence-corrected chi connectivity index (χ2v) is 6.36. The van der Waals surface area contributed by atoms with Crippen molar-refractivity contribution in [2.45, 2.75) is 50.5 Å². The fourth-order valence-corrected chi connectivity index (χ4v) is 3.46. The summed E-state index contributed by atoms with van der Waals surface area (Å²) in [6.45, 7) is 3.79. The first-order chi connectivity index (χ1) is 10.2. The lowest BCUT2D eigenvalue weighted by molar-refractivity contribution is -0.437. The predicted molar refractivity (Wildman–Crippen MR) is 73.4 cm³/mol. The number of piperidine rings is 2. The van der Waals surface area contributed by atoms with Crippen molar-refractivity contribution in [1.82, 2.24) is 9.80 Å². The van der Waals surface area contributed by atoms with E-state index in [1.807, 2.05) is 0 Å². The van der Waals surface area contributed by atoms with E-state index < -0.39 is 23.8 Å². The maximum atomic E-state index is 11.5. The number of rotatable bonds is 0. The third-order valence-corrected chi connectivity index (χ3v) is 4.75. The van der Waals surface area contributed by atoms with Crippen molar-refractivity contribution < 1.29 is 29.3 Å². The maximum absolute atomic E-state index is 11.5. The second kappa shape index (κ2) is 5.16. The van der Waals surface area contributed by atoms with Crippen molar-refractivity contribution in [1.29, 1.82) is 0 Å². The quantitative estimate of drug-likeness (QED) is 0.574. The van der Waals surface area contributed by atoms with Crippen LogP contribution >= 0.6 is 0 Å². The predicted octanol–water partition coefficient (Wildman–Crippen LogP) is -1.35. The number of fused-ring (bicyclic) bond motifs is 2. The topological polar surface area (TPSA) is 99.5 Å². The molecule has 3 aliphatic heterocycles. The van der Waals surface area contributed by atoms with Crippen molar-refractivity contribution in [2.75, 3.05) is 26.2 Å². The van der Waals surface area contributed by atoms with Crippen LogP contribution < -0.4 is 0 Å². The largest absolute Gasteiger partial charge is 0.362 e. The minimum absolute atomic E-state index is 0.0238. The van der Waals surface area contributed by atoms with Gasteiger partial charge in [-0.1, -0.05) is 0 Å². The SMILES string of the molecule is CC(=O)N1CC[C@@H]2O[C@@]3(O)CN(C(C)=O)CC[C@@H]3O[C@@]2(O)C1. The normalized spacial score (nSPS) is 41.6. The smallest absolute Gasteiger partial charge is 0.219 e. The van der Waals surface area contributed by atoms with Gasteiger partial charge in [0.15, 0.2) is 0 Å². The Morgan fingerprint density at radius 3 is 1.59 bits per heavy atom. The van der Waals surface area contributed by atoms with Crippen molar-refractivity contribution >= 4 is 11.8 Å². The van der Waals surface area contributed by atoms with E-state index >= 15 is 0 Å². The first-order valence-corrected chi connectivity index (χ1v) is 7.55. The van der Waals surface area contributed by atoms with Crippen molar-refractivity contribution in [3.05, 3.63) is 0 Å². The Morgan fingerprint density at radius 2 is 1.27 bits per heavy atom. The monoisotopic (exact) mass is 314 g/mol. The van der Waals surface area contributed by atoms with Crippen LogP contribution in [-0.4, -0.2) is 81.8 Å². The van der Waals surface area contributed by atoms with Crippen LogP contribution in [0.3, 0.4) is 0 Å². The molecule has 3 rings (SSSR count). The highest BCUT2D eigenvalue weighted by atomic mass is 16.7. The molecule has 0 radical (unpaired) electrons. The van der Waals surface area contributed by atoms with E-state index in [4.69, 9.17) is 9.47 Å². The van der Waals surface area contributed by atoms with Crippen LogP contribution in [0, 0.1) is 0 Å². The molecular weight excluding hydrogens is 292 g/mol. The molecule has 3 aliphatic rings. The zero-order valence-electron chi connectivity index (χ0n) is 12.8. The molecule has 3 heterocycles. The van der Waals surface area contributed by atoms with Gasteiger partial charge in [-0.05, 0) is 12.8 Å². The lowest BCUT2D eigenvalue weighted by atomic mass is 9.92. The van der Waals surface area contributed by atoms with Gasteiger partial charge in [0.25, 0.3) is 0 Å². The maximum Gasteiger partial charge on any atom is 0.219 e. The molecule has 0 aromatic carbocycles. The van der Waals surface area contributed by atoms with Gasteiger partial charge in [-0.3, -0.25) is 9.59 Å². The summed E-state index contributed by atoms with van der Waals surface area (Å²) >= 11 is 0. The van der Waals surface area contributed by atoms with Gasteiger partial charge in [-0.15, -0.1) is 0 Å². The van der Waals surface area contributed by atoms with Gasteiger partial charge in [0, 0.05) is 26.9 Å². The lowest BCUT2D eigenvalue weighted by Gasteiger charge is -2.56. The molecule has 0 aromatic rings. The Balaban J connectivity index is 1.78. The van der Waals surface area contributed by atoms with Gasteiger partial charge in [-0.2, -0.15) is 0 Å². The number of likely N-dealkylation sites (tertiary alicyclic amines) is 2. The molecule has 0 saturated carbocycles. The third kappa shape index (κ3) is 2.50. The minimum atomic E-state index is -1.61. The van der Waals surface area contributed by atoms with Crippen LogP contribution in [0.2, 0.25) is 0 Å². The molecule has 8 nitrogen and oxygen atoms in total. The highest BCUT2D eigenvalue weighted by Gasteiger charge is 2.59. The molecule has 2 N–H and O–H groups in total. The number of hydrogen-bond acceptors (Lipinski definition) is 6. The Kier molecular flexibility index (Phi) is 3.67. The van der Waals surface area contributed by atoms with E-state index in [1.54, 1.807) is 0 Å². The van der Waals surface area contributed by atoms with Gasteiger partial charge < -0.3 is 29.5 Å². The summed E-state index contributed by atoms with van der Waals surface area (Å²) < 4.78 is 11.5. The van der Waals surface area contributed by atoms with Gasteiger partial charge >= 0.3 is 0 Å². The van der Waals surface area contributed by atoms with Crippen molar-refractivity contribution in [2.24, 2.45) is 0 Å². The summed E-state index contributed by atoms with van der Waals surface area (Å²) in [5.41, 5.74) is 0. The number of β-amino-alcohol motifs (C(OH)–C–C–N with tert-alkyl or cyclic N) is 2. The summed E-state index contributed by atoms with van der Waals surface area (Å²) in [6, 6.07) is 0. The zero-order valence-corrected chi connectivity index (χ0v) is 12.8. The molecule has 4 atom stereocenters. The molecule has 0 aliphatic carbocycles. The van der Waals surface area contributed by atoms with Gasteiger partial charge in [0.2, 0.25) is 23.4 Å². The molecule has 0 bridgehead atoms. The number of carbonyl (C=O) groups is 2.